The van der Waals surface area contributed by atoms with Crippen molar-refractivity contribution in [3.63, 3.8) is 0 Å². The maximum atomic E-state index is 5.62. The largest absolute Gasteiger partial charge is 0.380 e. The number of anilines is 1. The number of guanidine groups is 1. The Hall–Kier alpha value is -1.20. The third-order valence-electron chi connectivity index (χ3n) is 4.75. The zero-order valence-electron chi connectivity index (χ0n) is 18.1. The minimum Gasteiger partial charge on any atom is -0.380 e. The number of nitrogens with one attached hydrogen (secondary N) is 2. The van der Waals surface area contributed by atoms with Crippen LogP contribution in [-0.2, 0) is 4.74 Å². The summed E-state index contributed by atoms with van der Waals surface area (Å²) in [6.07, 6.45) is 5.81. The molecule has 0 saturated carbocycles. The lowest BCUT2D eigenvalue weighted by molar-refractivity contribution is 0.128. The Morgan fingerprint density at radius 2 is 1.79 bits per heavy atom. The van der Waals surface area contributed by atoms with Crippen molar-refractivity contribution in [3.8, 4) is 0 Å². The van der Waals surface area contributed by atoms with Crippen LogP contribution in [0.25, 0.3) is 0 Å². The molecule has 2 heterocycles. The molecule has 0 bridgehead atoms. The molecule has 1 aliphatic heterocycles. The molecule has 8 nitrogen and oxygen atoms in total. The number of aliphatic imine (C=N–C) groups is 1. The smallest absolute Gasteiger partial charge is 0.225 e. The van der Waals surface area contributed by atoms with E-state index in [-0.39, 0.29) is 24.0 Å². The quantitative estimate of drug-likeness (QED) is 0.200. The van der Waals surface area contributed by atoms with Crippen LogP contribution in [0.1, 0.15) is 26.7 Å². The molecule has 0 aliphatic carbocycles. The van der Waals surface area contributed by atoms with E-state index < -0.39 is 0 Å². The third kappa shape index (κ3) is 10.9. The predicted octanol–water partition coefficient (Wildman–Crippen LogP) is 1.83. The molecule has 166 valence electrons. The van der Waals surface area contributed by atoms with Crippen LogP contribution in [0.2, 0.25) is 0 Å². The molecule has 0 amide bonds. The van der Waals surface area contributed by atoms with Crippen molar-refractivity contribution < 1.29 is 4.74 Å². The summed E-state index contributed by atoms with van der Waals surface area (Å²) < 4.78 is 5.62. The number of aromatic nitrogens is 2. The van der Waals surface area contributed by atoms with E-state index in [1.807, 2.05) is 6.07 Å². The SMILES string of the molecule is CN=C(NCCCN1CCN(c2ncccn2)CC1)NCCOCCC(C)C.I. The van der Waals surface area contributed by atoms with Crippen LogP contribution in [0.3, 0.4) is 0 Å². The van der Waals surface area contributed by atoms with Gasteiger partial charge in [-0.3, -0.25) is 9.89 Å². The van der Waals surface area contributed by atoms with Gasteiger partial charge in [-0.2, -0.15) is 0 Å². The van der Waals surface area contributed by atoms with E-state index >= 15 is 0 Å². The lowest BCUT2D eigenvalue weighted by atomic mass is 10.1. The van der Waals surface area contributed by atoms with Crippen molar-refractivity contribution in [2.75, 3.05) is 71.0 Å². The monoisotopic (exact) mass is 519 g/mol. The van der Waals surface area contributed by atoms with Gasteiger partial charge in [-0.15, -0.1) is 24.0 Å². The highest BCUT2D eigenvalue weighted by Gasteiger charge is 2.18. The van der Waals surface area contributed by atoms with E-state index in [9.17, 15) is 0 Å². The van der Waals surface area contributed by atoms with Crippen molar-refractivity contribution in [2.24, 2.45) is 10.9 Å². The fourth-order valence-corrected chi connectivity index (χ4v) is 3.02. The summed E-state index contributed by atoms with van der Waals surface area (Å²) in [7, 11) is 1.81. The summed E-state index contributed by atoms with van der Waals surface area (Å²) in [5.74, 6) is 2.38. The first-order chi connectivity index (χ1) is 13.7. The summed E-state index contributed by atoms with van der Waals surface area (Å²) in [5.41, 5.74) is 0. The lowest BCUT2D eigenvalue weighted by Gasteiger charge is -2.34. The zero-order chi connectivity index (χ0) is 20.0. The molecule has 1 aromatic rings. The molecular weight excluding hydrogens is 481 g/mol. The maximum absolute atomic E-state index is 5.62. The number of rotatable bonds is 11. The fraction of sp³-hybridized carbons (Fsp3) is 0.750. The normalized spacial score (nSPS) is 15.3. The van der Waals surface area contributed by atoms with E-state index in [1.165, 1.54) is 0 Å². The summed E-state index contributed by atoms with van der Waals surface area (Å²) in [6, 6.07) is 1.86. The molecule has 9 heteroatoms. The van der Waals surface area contributed by atoms with Gasteiger partial charge in [0, 0.05) is 65.3 Å². The molecule has 1 saturated heterocycles. The molecule has 0 unspecified atom stereocenters. The van der Waals surface area contributed by atoms with E-state index in [0.717, 1.165) is 77.2 Å². The molecule has 0 atom stereocenters. The van der Waals surface area contributed by atoms with E-state index in [2.05, 4.69) is 49.2 Å². The van der Waals surface area contributed by atoms with Crippen molar-refractivity contribution in [1.82, 2.24) is 25.5 Å². The Balaban J connectivity index is 0.00000420. The molecule has 0 spiro atoms. The number of halogens is 1. The number of nitrogens with zero attached hydrogens (tertiary/aromatic N) is 5. The number of hydrogen-bond acceptors (Lipinski definition) is 6. The summed E-state index contributed by atoms with van der Waals surface area (Å²) >= 11 is 0. The predicted molar refractivity (Wildman–Crippen MR) is 130 cm³/mol. The van der Waals surface area contributed by atoms with Gasteiger partial charge in [0.05, 0.1) is 6.61 Å². The van der Waals surface area contributed by atoms with E-state index in [0.29, 0.717) is 12.5 Å². The number of piperazine rings is 1. The Morgan fingerprint density at radius 3 is 2.45 bits per heavy atom. The first kappa shape index (κ1) is 25.8. The van der Waals surface area contributed by atoms with Crippen molar-refractivity contribution in [3.05, 3.63) is 18.5 Å². The van der Waals surface area contributed by atoms with Crippen molar-refractivity contribution in [2.45, 2.75) is 26.7 Å². The molecule has 2 rings (SSSR count). The second-order valence-corrected chi connectivity index (χ2v) is 7.45. The van der Waals surface area contributed by atoms with Crippen LogP contribution in [0.4, 0.5) is 5.95 Å². The summed E-state index contributed by atoms with van der Waals surface area (Å²) in [6.45, 7) is 12.8. The first-order valence-corrected chi connectivity index (χ1v) is 10.5. The van der Waals surface area contributed by atoms with Gasteiger partial charge in [0.2, 0.25) is 5.95 Å². The summed E-state index contributed by atoms with van der Waals surface area (Å²) in [4.78, 5) is 17.7. The van der Waals surface area contributed by atoms with Gasteiger partial charge in [-0.05, 0) is 31.4 Å². The molecule has 1 fully saturated rings. The van der Waals surface area contributed by atoms with Gasteiger partial charge in [0.25, 0.3) is 0 Å². The minimum absolute atomic E-state index is 0. The molecule has 0 radical (unpaired) electrons. The zero-order valence-corrected chi connectivity index (χ0v) is 20.5. The molecular formula is C20H38IN7O. The van der Waals surface area contributed by atoms with Gasteiger partial charge in [0.15, 0.2) is 5.96 Å². The first-order valence-electron chi connectivity index (χ1n) is 10.5. The van der Waals surface area contributed by atoms with Crippen LogP contribution in [0.5, 0.6) is 0 Å². The van der Waals surface area contributed by atoms with Gasteiger partial charge in [0.1, 0.15) is 0 Å². The number of ether oxygens (including phenoxy) is 1. The number of hydrogen-bond donors (Lipinski definition) is 2. The van der Waals surface area contributed by atoms with Gasteiger partial charge in [-0.25, -0.2) is 9.97 Å². The van der Waals surface area contributed by atoms with E-state index in [1.54, 1.807) is 19.4 Å². The molecule has 1 aliphatic rings. The maximum Gasteiger partial charge on any atom is 0.225 e. The molecule has 29 heavy (non-hydrogen) atoms. The topological polar surface area (TPSA) is 77.9 Å². The second kappa shape index (κ2) is 15.6. The van der Waals surface area contributed by atoms with Gasteiger partial charge < -0.3 is 20.3 Å². The summed E-state index contributed by atoms with van der Waals surface area (Å²) in [5, 5.41) is 6.68. The van der Waals surface area contributed by atoms with E-state index in [4.69, 9.17) is 4.74 Å². The Kier molecular flexibility index (Phi) is 13.9. The average Bonchev–Trinajstić information content (AvgIpc) is 2.73. The van der Waals surface area contributed by atoms with Crippen LogP contribution in [0.15, 0.2) is 23.5 Å². The molecule has 0 aromatic carbocycles. The van der Waals surface area contributed by atoms with Crippen LogP contribution >= 0.6 is 24.0 Å². The van der Waals surface area contributed by atoms with Crippen LogP contribution in [-0.4, -0.2) is 86.9 Å². The fourth-order valence-electron chi connectivity index (χ4n) is 3.02. The van der Waals surface area contributed by atoms with Gasteiger partial charge >= 0.3 is 0 Å². The van der Waals surface area contributed by atoms with Gasteiger partial charge in [-0.1, -0.05) is 13.8 Å². The minimum atomic E-state index is 0. The Morgan fingerprint density at radius 1 is 1.10 bits per heavy atom. The Bertz CT molecular complexity index is 551. The highest BCUT2D eigenvalue weighted by molar-refractivity contribution is 14.0. The molecule has 2 N–H and O–H groups in total. The van der Waals surface area contributed by atoms with Crippen molar-refractivity contribution >= 4 is 35.9 Å². The highest BCUT2D eigenvalue weighted by Crippen LogP contribution is 2.09. The van der Waals surface area contributed by atoms with Crippen molar-refractivity contribution in [1.29, 1.82) is 0 Å². The average molecular weight is 519 g/mol. The standard InChI is InChI=1S/C20H37N7O.HI/c1-18(2)6-16-28-17-10-23-19(21-3)22-9-5-11-26-12-14-27(15-13-26)20-24-7-4-8-25-20;/h4,7-8,18H,5-6,9-17H2,1-3H3,(H2,21,22,23);1H. The van der Waals surface area contributed by atoms with Crippen LogP contribution in [0, 0.1) is 5.92 Å². The second-order valence-electron chi connectivity index (χ2n) is 7.45. The third-order valence-corrected chi connectivity index (χ3v) is 4.75. The van der Waals surface area contributed by atoms with Crippen LogP contribution < -0.4 is 15.5 Å². The Labute approximate surface area is 192 Å². The molecule has 1 aromatic heterocycles. The lowest BCUT2D eigenvalue weighted by Crippen LogP contribution is -2.47. The highest BCUT2D eigenvalue weighted by atomic mass is 127.